The van der Waals surface area contributed by atoms with Crippen LogP contribution in [0.15, 0.2) is 5.16 Å². The van der Waals surface area contributed by atoms with E-state index in [0.717, 1.165) is 25.7 Å². The number of halogens is 1. The van der Waals surface area contributed by atoms with E-state index in [4.69, 9.17) is 0 Å². The van der Waals surface area contributed by atoms with Crippen molar-refractivity contribution in [3.05, 3.63) is 11.5 Å². The van der Waals surface area contributed by atoms with E-state index in [2.05, 4.69) is 15.3 Å². The number of β-amino-alcohol motifs (C(OH)–C–C–N with tert-alkyl or cyclic N) is 1. The van der Waals surface area contributed by atoms with E-state index in [1.165, 1.54) is 11.8 Å². The first-order chi connectivity index (χ1) is 14.9. The molecular formula is C20H30FN5O4S. The third-order valence-corrected chi connectivity index (χ3v) is 6.50. The first kappa shape index (κ1) is 23.7. The number of nitrogens with zero attached hydrogens (tertiary/aromatic N) is 4. The summed E-state index contributed by atoms with van der Waals surface area (Å²) in [5.41, 5.74) is 0.0694. The SMILES string of the molecule is CSc1nc(CNC(=O)[C@H](CC2CCCC2)CN(O)C=O)c(F)c(N2CC[C@@H](O)C2)n1. The minimum atomic E-state index is -0.615. The summed E-state index contributed by atoms with van der Waals surface area (Å²) in [4.78, 5) is 33.8. The van der Waals surface area contributed by atoms with Gasteiger partial charge in [0.1, 0.15) is 5.69 Å². The summed E-state index contributed by atoms with van der Waals surface area (Å²) in [5.74, 6) is -1.05. The molecule has 31 heavy (non-hydrogen) atoms. The van der Waals surface area contributed by atoms with Crippen molar-refractivity contribution >= 4 is 29.9 Å². The lowest BCUT2D eigenvalue weighted by Gasteiger charge is -2.23. The molecule has 0 radical (unpaired) electrons. The predicted molar refractivity (Wildman–Crippen MR) is 113 cm³/mol. The van der Waals surface area contributed by atoms with Crippen molar-refractivity contribution in [3.63, 3.8) is 0 Å². The molecule has 2 amide bonds. The topological polar surface area (TPSA) is 119 Å². The maximum absolute atomic E-state index is 15.1. The Morgan fingerprint density at radius 2 is 2.13 bits per heavy atom. The van der Waals surface area contributed by atoms with Crippen molar-refractivity contribution in [1.29, 1.82) is 0 Å². The Balaban J connectivity index is 1.71. The van der Waals surface area contributed by atoms with Crippen molar-refractivity contribution in [2.24, 2.45) is 11.8 Å². The highest BCUT2D eigenvalue weighted by Crippen LogP contribution is 2.31. The van der Waals surface area contributed by atoms with Crippen LogP contribution in [0.3, 0.4) is 0 Å². The number of thioether (sulfide) groups is 1. The molecule has 1 aliphatic carbocycles. The molecule has 2 heterocycles. The number of aliphatic hydroxyl groups excluding tert-OH is 1. The maximum Gasteiger partial charge on any atom is 0.233 e. The van der Waals surface area contributed by atoms with Gasteiger partial charge in [0.25, 0.3) is 0 Å². The van der Waals surface area contributed by atoms with Crippen LogP contribution in [0.4, 0.5) is 10.2 Å². The number of rotatable bonds is 10. The second-order valence-electron chi connectivity index (χ2n) is 8.21. The largest absolute Gasteiger partial charge is 0.391 e. The molecule has 172 valence electrons. The number of aromatic nitrogens is 2. The third-order valence-electron chi connectivity index (χ3n) is 5.95. The molecule has 0 spiro atoms. The van der Waals surface area contributed by atoms with E-state index >= 15 is 4.39 Å². The number of carbonyl (C=O) groups is 2. The van der Waals surface area contributed by atoms with Crippen molar-refractivity contribution in [1.82, 2.24) is 20.3 Å². The van der Waals surface area contributed by atoms with Crippen LogP contribution in [-0.2, 0) is 16.1 Å². The fraction of sp³-hybridized carbons (Fsp3) is 0.700. The van der Waals surface area contributed by atoms with Gasteiger partial charge in [0.2, 0.25) is 12.3 Å². The zero-order valence-corrected chi connectivity index (χ0v) is 18.5. The van der Waals surface area contributed by atoms with Gasteiger partial charge in [-0.3, -0.25) is 14.8 Å². The van der Waals surface area contributed by atoms with Gasteiger partial charge < -0.3 is 15.3 Å². The van der Waals surface area contributed by atoms with Crippen molar-refractivity contribution < 1.29 is 24.3 Å². The Hall–Kier alpha value is -1.98. The number of hydrogen-bond acceptors (Lipinski definition) is 8. The predicted octanol–water partition coefficient (Wildman–Crippen LogP) is 1.57. The zero-order valence-electron chi connectivity index (χ0n) is 17.7. The standard InChI is InChI=1S/C20H30FN5O4S/c1-31-20-23-16(17(21)18(24-20)25-7-6-15(28)11-25)9-22-19(29)14(10-26(30)12-27)8-13-4-2-3-5-13/h12-15,28,30H,2-11H2,1H3,(H,22,29)/t14-,15-/m1/s1. The second-order valence-corrected chi connectivity index (χ2v) is 8.98. The first-order valence-corrected chi connectivity index (χ1v) is 11.9. The van der Waals surface area contributed by atoms with Gasteiger partial charge in [0.05, 0.1) is 25.1 Å². The van der Waals surface area contributed by atoms with Crippen molar-refractivity contribution in [2.45, 2.75) is 56.3 Å². The molecule has 1 aromatic heterocycles. The molecule has 1 saturated heterocycles. The monoisotopic (exact) mass is 455 g/mol. The summed E-state index contributed by atoms with van der Waals surface area (Å²) in [6, 6.07) is 0. The highest BCUT2D eigenvalue weighted by atomic mass is 32.2. The molecule has 2 fully saturated rings. The van der Waals surface area contributed by atoms with E-state index in [1.54, 1.807) is 11.2 Å². The Morgan fingerprint density at radius 1 is 1.39 bits per heavy atom. The molecule has 0 bridgehead atoms. The quantitative estimate of drug-likeness (QED) is 0.160. The maximum atomic E-state index is 15.1. The Labute approximate surface area is 185 Å². The van der Waals surface area contributed by atoms with E-state index in [-0.39, 0.29) is 36.9 Å². The molecule has 1 saturated carbocycles. The van der Waals surface area contributed by atoms with Gasteiger partial charge in [-0.05, 0) is 25.0 Å². The fourth-order valence-electron chi connectivity index (χ4n) is 4.31. The Kier molecular flexibility index (Phi) is 8.44. The molecule has 3 rings (SSSR count). The normalized spacial score (nSPS) is 20.1. The highest BCUT2D eigenvalue weighted by Gasteiger charge is 2.29. The van der Waals surface area contributed by atoms with Gasteiger partial charge in [0, 0.05) is 13.1 Å². The Bertz CT molecular complexity index is 780. The molecule has 0 unspecified atom stereocenters. The first-order valence-electron chi connectivity index (χ1n) is 10.6. The van der Waals surface area contributed by atoms with Crippen LogP contribution in [0.1, 0.15) is 44.2 Å². The second kappa shape index (κ2) is 11.1. The van der Waals surface area contributed by atoms with Gasteiger partial charge in [-0.25, -0.2) is 19.4 Å². The van der Waals surface area contributed by atoms with Gasteiger partial charge in [0.15, 0.2) is 16.8 Å². The van der Waals surface area contributed by atoms with Gasteiger partial charge >= 0.3 is 0 Å². The fourth-order valence-corrected chi connectivity index (χ4v) is 4.69. The number of carbonyl (C=O) groups excluding carboxylic acids is 2. The molecule has 1 aliphatic heterocycles. The van der Waals surface area contributed by atoms with E-state index < -0.39 is 17.8 Å². The lowest BCUT2D eigenvalue weighted by atomic mass is 9.92. The lowest BCUT2D eigenvalue weighted by Crippen LogP contribution is -2.38. The summed E-state index contributed by atoms with van der Waals surface area (Å²) in [6.45, 7) is 0.564. The summed E-state index contributed by atoms with van der Waals surface area (Å²) in [6.07, 6.45) is 6.94. The minimum absolute atomic E-state index is 0.0694. The van der Waals surface area contributed by atoms with Crippen LogP contribution in [0.25, 0.3) is 0 Å². The zero-order chi connectivity index (χ0) is 22.4. The van der Waals surface area contributed by atoms with Gasteiger partial charge in [-0.15, -0.1) is 0 Å². The average molecular weight is 456 g/mol. The highest BCUT2D eigenvalue weighted by molar-refractivity contribution is 7.98. The summed E-state index contributed by atoms with van der Waals surface area (Å²) < 4.78 is 15.1. The number of amides is 2. The number of anilines is 1. The summed E-state index contributed by atoms with van der Waals surface area (Å²) >= 11 is 1.27. The number of hydroxylamine groups is 2. The van der Waals surface area contributed by atoms with E-state index in [0.29, 0.717) is 42.1 Å². The van der Waals surface area contributed by atoms with Crippen molar-refractivity contribution in [3.8, 4) is 0 Å². The molecule has 3 N–H and O–H groups in total. The van der Waals surface area contributed by atoms with Crippen LogP contribution in [0.5, 0.6) is 0 Å². The van der Waals surface area contributed by atoms with Gasteiger partial charge in [-0.1, -0.05) is 37.4 Å². The smallest absolute Gasteiger partial charge is 0.233 e. The number of hydrogen-bond donors (Lipinski definition) is 3. The number of nitrogens with one attached hydrogen (secondary N) is 1. The molecule has 2 atom stereocenters. The lowest BCUT2D eigenvalue weighted by molar-refractivity contribution is -0.155. The number of aliphatic hydroxyl groups is 1. The summed E-state index contributed by atoms with van der Waals surface area (Å²) in [7, 11) is 0. The molecule has 11 heteroatoms. The van der Waals surface area contributed by atoms with Crippen LogP contribution < -0.4 is 10.2 Å². The molecule has 9 nitrogen and oxygen atoms in total. The van der Waals surface area contributed by atoms with Crippen LogP contribution >= 0.6 is 11.8 Å². The molecule has 1 aromatic rings. The van der Waals surface area contributed by atoms with E-state index in [1.807, 2.05) is 0 Å². The van der Waals surface area contributed by atoms with Crippen molar-refractivity contribution in [2.75, 3.05) is 30.8 Å². The van der Waals surface area contributed by atoms with Crippen LogP contribution in [0.2, 0.25) is 0 Å². The van der Waals surface area contributed by atoms with E-state index in [9.17, 15) is 19.9 Å². The van der Waals surface area contributed by atoms with Crippen LogP contribution in [-0.4, -0.2) is 69.7 Å². The third kappa shape index (κ3) is 6.27. The molecule has 2 aliphatic rings. The minimum Gasteiger partial charge on any atom is -0.391 e. The average Bonchev–Trinajstić information content (AvgIpc) is 3.43. The summed E-state index contributed by atoms with van der Waals surface area (Å²) in [5, 5.41) is 23.0. The molecular weight excluding hydrogens is 425 g/mol. The van der Waals surface area contributed by atoms with Gasteiger partial charge in [-0.2, -0.15) is 0 Å². The van der Waals surface area contributed by atoms with Crippen LogP contribution in [0, 0.1) is 17.7 Å². The molecule has 0 aromatic carbocycles. The Morgan fingerprint density at radius 3 is 2.74 bits per heavy atom.